The zero-order valence-corrected chi connectivity index (χ0v) is 16.4. The van der Waals surface area contributed by atoms with Crippen molar-refractivity contribution in [3.05, 3.63) is 71.0 Å². The molecule has 0 unspecified atom stereocenters. The lowest BCUT2D eigenvalue weighted by atomic mass is 10.0. The van der Waals surface area contributed by atoms with E-state index in [1.165, 1.54) is 0 Å². The third-order valence-corrected chi connectivity index (χ3v) is 4.95. The summed E-state index contributed by atoms with van der Waals surface area (Å²) >= 11 is 0. The van der Waals surface area contributed by atoms with Crippen LogP contribution >= 0.6 is 0 Å². The predicted molar refractivity (Wildman–Crippen MR) is 109 cm³/mol. The summed E-state index contributed by atoms with van der Waals surface area (Å²) in [5.74, 6) is 1.52. The summed E-state index contributed by atoms with van der Waals surface area (Å²) in [6, 6.07) is 13.4. The molecule has 0 saturated heterocycles. The molecule has 0 fully saturated rings. The van der Waals surface area contributed by atoms with Crippen LogP contribution in [0.15, 0.2) is 48.7 Å². The molecule has 3 heterocycles. The highest BCUT2D eigenvalue weighted by atomic mass is 16.2. The first-order valence-electron chi connectivity index (χ1n) is 9.37. The van der Waals surface area contributed by atoms with Crippen LogP contribution in [0.25, 0.3) is 11.5 Å². The van der Waals surface area contributed by atoms with Crippen LogP contribution in [-0.2, 0) is 13.0 Å². The summed E-state index contributed by atoms with van der Waals surface area (Å²) in [6.45, 7) is 3.16. The van der Waals surface area contributed by atoms with Crippen molar-refractivity contribution in [1.29, 1.82) is 0 Å². The molecule has 6 nitrogen and oxygen atoms in total. The molecule has 0 N–H and O–H groups in total. The molecular weight excluding hydrogens is 350 g/mol. The van der Waals surface area contributed by atoms with Crippen LogP contribution in [0.5, 0.6) is 0 Å². The van der Waals surface area contributed by atoms with Crippen molar-refractivity contribution in [2.45, 2.75) is 19.9 Å². The van der Waals surface area contributed by atoms with Gasteiger partial charge in [-0.1, -0.05) is 23.8 Å². The normalized spacial score (nSPS) is 13.2. The summed E-state index contributed by atoms with van der Waals surface area (Å²) in [5, 5.41) is 0. The van der Waals surface area contributed by atoms with Crippen LogP contribution in [0.4, 0.5) is 5.82 Å². The molecule has 0 bridgehead atoms. The largest absolute Gasteiger partial charge is 0.362 e. The van der Waals surface area contributed by atoms with Crippen LogP contribution in [0.1, 0.15) is 27.2 Å². The second-order valence-corrected chi connectivity index (χ2v) is 7.25. The smallest absolute Gasteiger partial charge is 0.254 e. The number of carbonyl (C=O) groups excluding carboxylic acids is 1. The number of anilines is 1. The molecule has 28 heavy (non-hydrogen) atoms. The van der Waals surface area contributed by atoms with Crippen molar-refractivity contribution in [1.82, 2.24) is 19.9 Å². The molecule has 0 aliphatic carbocycles. The van der Waals surface area contributed by atoms with E-state index in [0.29, 0.717) is 24.5 Å². The number of aromatic nitrogens is 3. The van der Waals surface area contributed by atoms with Crippen LogP contribution in [0.2, 0.25) is 0 Å². The van der Waals surface area contributed by atoms with Crippen LogP contribution in [-0.4, -0.2) is 46.4 Å². The van der Waals surface area contributed by atoms with Gasteiger partial charge in [0.05, 0.1) is 12.2 Å². The summed E-state index contributed by atoms with van der Waals surface area (Å²) in [5.41, 5.74) is 4.59. The quantitative estimate of drug-likeness (QED) is 0.706. The number of fused-ring (bicyclic) bond motifs is 1. The van der Waals surface area contributed by atoms with Crippen molar-refractivity contribution in [2.75, 3.05) is 25.5 Å². The highest BCUT2D eigenvalue weighted by molar-refractivity contribution is 5.94. The van der Waals surface area contributed by atoms with Gasteiger partial charge in [-0.2, -0.15) is 0 Å². The lowest BCUT2D eigenvalue weighted by molar-refractivity contribution is 0.0732. The number of aryl methyl sites for hydroxylation is 1. The van der Waals surface area contributed by atoms with Crippen molar-refractivity contribution in [2.24, 2.45) is 0 Å². The second-order valence-electron chi connectivity index (χ2n) is 7.25. The zero-order valence-electron chi connectivity index (χ0n) is 16.4. The fraction of sp³-hybridized carbons (Fsp3) is 0.273. The van der Waals surface area contributed by atoms with E-state index < -0.39 is 0 Å². The number of benzene rings is 1. The van der Waals surface area contributed by atoms with Gasteiger partial charge in [0, 0.05) is 38.0 Å². The molecule has 1 amide bonds. The van der Waals surface area contributed by atoms with Gasteiger partial charge in [0.15, 0.2) is 5.82 Å². The van der Waals surface area contributed by atoms with Gasteiger partial charge in [0.1, 0.15) is 11.5 Å². The van der Waals surface area contributed by atoms with Crippen LogP contribution in [0.3, 0.4) is 0 Å². The Balaban J connectivity index is 1.69. The zero-order chi connectivity index (χ0) is 19.7. The summed E-state index contributed by atoms with van der Waals surface area (Å²) < 4.78 is 0. The van der Waals surface area contributed by atoms with E-state index in [0.717, 1.165) is 34.8 Å². The van der Waals surface area contributed by atoms with E-state index in [1.54, 1.807) is 6.20 Å². The third-order valence-electron chi connectivity index (χ3n) is 4.95. The summed E-state index contributed by atoms with van der Waals surface area (Å²) in [6.07, 6.45) is 2.48. The Morgan fingerprint density at radius 2 is 1.86 bits per heavy atom. The monoisotopic (exact) mass is 373 g/mol. The predicted octanol–water partition coefficient (Wildman–Crippen LogP) is 3.11. The second kappa shape index (κ2) is 7.38. The van der Waals surface area contributed by atoms with E-state index >= 15 is 0 Å². The van der Waals surface area contributed by atoms with Crippen molar-refractivity contribution in [3.8, 4) is 11.5 Å². The Morgan fingerprint density at radius 3 is 2.54 bits per heavy atom. The molecule has 0 spiro atoms. The first-order chi connectivity index (χ1) is 13.5. The first kappa shape index (κ1) is 18.1. The number of pyridine rings is 1. The minimum Gasteiger partial charge on any atom is -0.362 e. The van der Waals surface area contributed by atoms with Crippen molar-refractivity contribution < 1.29 is 4.79 Å². The molecule has 1 aliphatic rings. The van der Waals surface area contributed by atoms with E-state index in [-0.39, 0.29) is 5.91 Å². The first-order valence-corrected chi connectivity index (χ1v) is 9.37. The van der Waals surface area contributed by atoms with Gasteiger partial charge in [-0.3, -0.25) is 9.78 Å². The fourth-order valence-electron chi connectivity index (χ4n) is 3.44. The summed E-state index contributed by atoms with van der Waals surface area (Å²) in [7, 11) is 3.96. The van der Waals surface area contributed by atoms with Gasteiger partial charge < -0.3 is 9.80 Å². The molecule has 1 aromatic carbocycles. The molecule has 0 radical (unpaired) electrons. The van der Waals surface area contributed by atoms with Crippen molar-refractivity contribution in [3.63, 3.8) is 0 Å². The van der Waals surface area contributed by atoms with E-state index in [2.05, 4.69) is 4.98 Å². The highest BCUT2D eigenvalue weighted by Crippen LogP contribution is 2.28. The molecular formula is C22H23N5O. The number of carbonyl (C=O) groups is 1. The SMILES string of the molecule is Cc1ccc(C(=O)N2CCc3c(nc(-c4ccccn4)nc3N(C)C)C2)cc1. The molecule has 1 aliphatic heterocycles. The number of rotatable bonds is 3. The average molecular weight is 373 g/mol. The Kier molecular flexibility index (Phi) is 4.77. The standard InChI is InChI=1S/C22H23N5O/c1-15-7-9-16(10-8-15)22(28)27-13-11-17-19(14-27)24-20(25-21(17)26(2)3)18-6-4-5-12-23-18/h4-10,12H,11,13-14H2,1-3H3. The Morgan fingerprint density at radius 1 is 1.07 bits per heavy atom. The van der Waals surface area contributed by atoms with Gasteiger partial charge in [0.25, 0.3) is 5.91 Å². The number of hydrogen-bond donors (Lipinski definition) is 0. The number of nitrogens with zero attached hydrogens (tertiary/aromatic N) is 5. The molecule has 6 heteroatoms. The Labute approximate surface area is 164 Å². The molecule has 2 aromatic heterocycles. The topological polar surface area (TPSA) is 62.2 Å². The third kappa shape index (κ3) is 3.45. The summed E-state index contributed by atoms with van der Waals surface area (Å²) in [4.78, 5) is 30.7. The maximum absolute atomic E-state index is 13.0. The molecule has 142 valence electrons. The number of hydrogen-bond acceptors (Lipinski definition) is 5. The fourth-order valence-corrected chi connectivity index (χ4v) is 3.44. The van der Waals surface area contributed by atoms with Gasteiger partial charge >= 0.3 is 0 Å². The molecule has 0 saturated carbocycles. The van der Waals surface area contributed by atoms with Gasteiger partial charge in [-0.05, 0) is 37.6 Å². The lowest BCUT2D eigenvalue weighted by Gasteiger charge is -2.30. The van der Waals surface area contributed by atoms with E-state index in [9.17, 15) is 4.79 Å². The lowest BCUT2D eigenvalue weighted by Crippen LogP contribution is -2.37. The average Bonchev–Trinajstić information content (AvgIpc) is 2.73. The molecule has 3 aromatic rings. The maximum atomic E-state index is 13.0. The molecule has 4 rings (SSSR count). The van der Waals surface area contributed by atoms with E-state index in [1.807, 2.05) is 73.3 Å². The minimum atomic E-state index is 0.0371. The number of amides is 1. The molecule has 0 atom stereocenters. The van der Waals surface area contributed by atoms with Gasteiger partial charge in [-0.25, -0.2) is 9.97 Å². The highest BCUT2D eigenvalue weighted by Gasteiger charge is 2.27. The van der Waals surface area contributed by atoms with Crippen LogP contribution < -0.4 is 4.90 Å². The Bertz CT molecular complexity index is 999. The maximum Gasteiger partial charge on any atom is 0.254 e. The van der Waals surface area contributed by atoms with Gasteiger partial charge in [0.2, 0.25) is 0 Å². The van der Waals surface area contributed by atoms with Crippen LogP contribution in [0, 0.1) is 6.92 Å². The van der Waals surface area contributed by atoms with Crippen molar-refractivity contribution >= 4 is 11.7 Å². The minimum absolute atomic E-state index is 0.0371. The Hall–Kier alpha value is -3.28. The van der Waals surface area contributed by atoms with Gasteiger partial charge in [-0.15, -0.1) is 0 Å². The van der Waals surface area contributed by atoms with E-state index in [4.69, 9.17) is 9.97 Å².